The van der Waals surface area contributed by atoms with Gasteiger partial charge in [0.1, 0.15) is 5.75 Å². The number of aromatic nitrogens is 2. The summed E-state index contributed by atoms with van der Waals surface area (Å²) in [4.78, 5) is 34.8. The van der Waals surface area contributed by atoms with Gasteiger partial charge in [0, 0.05) is 17.8 Å². The largest absolute Gasteiger partial charge is 0.450 e. The molecule has 0 spiro atoms. The standard InChI is InChI=1S/C17H14N4O5/c1-11-15(26-14-9-7-13(8-10-14)21(24)25)16(22)20(19-11)17(23)18-12-5-3-2-4-6-12/h2-10,19H,1H3,(H,18,23). The fraction of sp³-hybridized carbons (Fsp3) is 0.0588. The van der Waals surface area contributed by atoms with E-state index in [2.05, 4.69) is 10.4 Å². The molecular formula is C17H14N4O5. The minimum absolute atomic E-state index is 0.0675. The summed E-state index contributed by atoms with van der Waals surface area (Å²) in [6, 6.07) is 13.3. The first-order chi connectivity index (χ1) is 12.5. The van der Waals surface area contributed by atoms with Gasteiger partial charge in [0.05, 0.1) is 10.6 Å². The molecule has 2 aromatic carbocycles. The summed E-state index contributed by atoms with van der Waals surface area (Å²) < 4.78 is 6.28. The van der Waals surface area contributed by atoms with Gasteiger partial charge in [-0.15, -0.1) is 0 Å². The van der Waals surface area contributed by atoms with Crippen LogP contribution in [0.2, 0.25) is 0 Å². The number of non-ortho nitro benzene ring substituents is 1. The Morgan fingerprint density at radius 1 is 1.15 bits per heavy atom. The van der Waals surface area contributed by atoms with Crippen LogP contribution in [0.3, 0.4) is 0 Å². The van der Waals surface area contributed by atoms with Gasteiger partial charge >= 0.3 is 11.6 Å². The van der Waals surface area contributed by atoms with Crippen LogP contribution in [0.15, 0.2) is 59.4 Å². The molecule has 0 saturated heterocycles. The number of rotatable bonds is 4. The maximum atomic E-state index is 12.4. The maximum absolute atomic E-state index is 12.4. The summed E-state index contributed by atoms with van der Waals surface area (Å²) in [5.41, 5.74) is 0.114. The Balaban J connectivity index is 1.82. The molecular weight excluding hydrogens is 340 g/mol. The number of hydrogen-bond acceptors (Lipinski definition) is 5. The summed E-state index contributed by atoms with van der Waals surface area (Å²) in [7, 11) is 0. The average Bonchev–Trinajstić information content (AvgIpc) is 2.91. The number of hydrogen-bond donors (Lipinski definition) is 2. The Bertz CT molecular complexity index is 1010. The van der Waals surface area contributed by atoms with Gasteiger partial charge in [0.15, 0.2) is 0 Å². The molecule has 9 heteroatoms. The minimum atomic E-state index is -0.672. The number of aryl methyl sites for hydroxylation is 1. The number of H-pyrrole nitrogens is 1. The highest BCUT2D eigenvalue weighted by molar-refractivity contribution is 5.90. The molecule has 1 heterocycles. The second-order valence-corrected chi connectivity index (χ2v) is 5.36. The van der Waals surface area contributed by atoms with Crippen molar-refractivity contribution >= 4 is 17.4 Å². The van der Waals surface area contributed by atoms with E-state index in [9.17, 15) is 19.7 Å². The normalized spacial score (nSPS) is 10.3. The molecule has 0 aliphatic rings. The van der Waals surface area contributed by atoms with E-state index in [-0.39, 0.29) is 17.2 Å². The summed E-state index contributed by atoms with van der Waals surface area (Å²) >= 11 is 0. The van der Waals surface area contributed by atoms with E-state index >= 15 is 0 Å². The van der Waals surface area contributed by atoms with Gasteiger partial charge in [0.2, 0.25) is 5.75 Å². The van der Waals surface area contributed by atoms with Crippen molar-refractivity contribution in [2.75, 3.05) is 5.32 Å². The van der Waals surface area contributed by atoms with Crippen molar-refractivity contribution in [2.24, 2.45) is 0 Å². The van der Waals surface area contributed by atoms with Crippen molar-refractivity contribution < 1.29 is 14.5 Å². The second-order valence-electron chi connectivity index (χ2n) is 5.36. The van der Waals surface area contributed by atoms with Crippen LogP contribution in [0.25, 0.3) is 0 Å². The number of aromatic amines is 1. The Kier molecular flexibility index (Phi) is 4.52. The predicted octanol–water partition coefficient (Wildman–Crippen LogP) is 3.27. The number of amides is 1. The summed E-state index contributed by atoms with van der Waals surface area (Å²) in [6.45, 7) is 1.58. The Morgan fingerprint density at radius 3 is 2.42 bits per heavy atom. The average molecular weight is 354 g/mol. The number of para-hydroxylation sites is 1. The zero-order valence-corrected chi connectivity index (χ0v) is 13.6. The van der Waals surface area contributed by atoms with Crippen LogP contribution >= 0.6 is 0 Å². The first-order valence-electron chi connectivity index (χ1n) is 7.56. The Morgan fingerprint density at radius 2 is 1.81 bits per heavy atom. The topological polar surface area (TPSA) is 119 Å². The van der Waals surface area contributed by atoms with E-state index in [4.69, 9.17) is 4.74 Å². The molecule has 0 bridgehead atoms. The molecule has 9 nitrogen and oxygen atoms in total. The Labute approximate surface area is 147 Å². The van der Waals surface area contributed by atoms with E-state index < -0.39 is 16.5 Å². The van der Waals surface area contributed by atoms with Gasteiger partial charge in [-0.3, -0.25) is 20.0 Å². The van der Waals surface area contributed by atoms with Crippen molar-refractivity contribution in [2.45, 2.75) is 6.92 Å². The third-order valence-electron chi connectivity index (χ3n) is 3.51. The highest BCUT2D eigenvalue weighted by atomic mass is 16.6. The summed E-state index contributed by atoms with van der Waals surface area (Å²) in [6.07, 6.45) is 0. The number of nitrogens with one attached hydrogen (secondary N) is 2. The van der Waals surface area contributed by atoms with E-state index in [1.807, 2.05) is 0 Å². The van der Waals surface area contributed by atoms with E-state index in [0.717, 1.165) is 4.68 Å². The van der Waals surface area contributed by atoms with Crippen LogP contribution in [-0.2, 0) is 0 Å². The quantitative estimate of drug-likeness (QED) is 0.550. The molecule has 0 radical (unpaired) electrons. The van der Waals surface area contributed by atoms with Crippen LogP contribution in [0.1, 0.15) is 5.69 Å². The van der Waals surface area contributed by atoms with Gasteiger partial charge < -0.3 is 10.1 Å². The molecule has 1 aromatic heterocycles. The van der Waals surface area contributed by atoms with Gasteiger partial charge in [-0.2, -0.15) is 4.68 Å². The number of carbonyl (C=O) groups is 1. The lowest BCUT2D eigenvalue weighted by atomic mass is 10.3. The number of nitro groups is 1. The third-order valence-corrected chi connectivity index (χ3v) is 3.51. The van der Waals surface area contributed by atoms with Crippen LogP contribution in [0.4, 0.5) is 16.2 Å². The maximum Gasteiger partial charge on any atom is 0.348 e. The molecule has 3 rings (SSSR count). The van der Waals surface area contributed by atoms with E-state index in [0.29, 0.717) is 11.4 Å². The molecule has 26 heavy (non-hydrogen) atoms. The molecule has 0 fully saturated rings. The smallest absolute Gasteiger partial charge is 0.348 e. The fourth-order valence-electron chi connectivity index (χ4n) is 2.25. The number of carbonyl (C=O) groups excluding carboxylic acids is 1. The van der Waals surface area contributed by atoms with Crippen LogP contribution < -0.4 is 15.6 Å². The fourth-order valence-corrected chi connectivity index (χ4v) is 2.25. The minimum Gasteiger partial charge on any atom is -0.450 e. The summed E-state index contributed by atoms with van der Waals surface area (Å²) in [5.74, 6) is 0.174. The molecule has 3 aromatic rings. The molecule has 0 saturated carbocycles. The zero-order valence-electron chi connectivity index (χ0n) is 13.6. The molecule has 0 aliphatic carbocycles. The highest BCUT2D eigenvalue weighted by Crippen LogP contribution is 2.23. The van der Waals surface area contributed by atoms with E-state index in [1.54, 1.807) is 37.3 Å². The lowest BCUT2D eigenvalue weighted by Gasteiger charge is -2.04. The molecule has 2 N–H and O–H groups in total. The molecule has 0 aliphatic heterocycles. The molecule has 1 amide bonds. The number of nitro benzene ring substituents is 1. The Hall–Kier alpha value is -3.88. The van der Waals surface area contributed by atoms with E-state index in [1.165, 1.54) is 24.3 Å². The zero-order chi connectivity index (χ0) is 18.7. The van der Waals surface area contributed by atoms with Gasteiger partial charge in [-0.05, 0) is 31.2 Å². The monoisotopic (exact) mass is 354 g/mol. The van der Waals surface area contributed by atoms with Crippen molar-refractivity contribution in [3.05, 3.63) is 80.8 Å². The lowest BCUT2D eigenvalue weighted by Crippen LogP contribution is -2.29. The third kappa shape index (κ3) is 3.46. The number of anilines is 1. The first kappa shape index (κ1) is 17.0. The number of benzene rings is 2. The van der Waals surface area contributed by atoms with Crippen LogP contribution in [0.5, 0.6) is 11.5 Å². The number of ether oxygens (including phenoxy) is 1. The van der Waals surface area contributed by atoms with Gasteiger partial charge in [-0.1, -0.05) is 18.2 Å². The van der Waals surface area contributed by atoms with Crippen LogP contribution in [0, 0.1) is 17.0 Å². The molecule has 132 valence electrons. The van der Waals surface area contributed by atoms with Crippen molar-refractivity contribution in [3.63, 3.8) is 0 Å². The molecule has 0 atom stereocenters. The molecule has 0 unspecified atom stereocenters. The SMILES string of the molecule is Cc1[nH]n(C(=O)Nc2ccccc2)c(=O)c1Oc1ccc([N+](=O)[O-])cc1. The highest BCUT2D eigenvalue weighted by Gasteiger charge is 2.18. The van der Waals surface area contributed by atoms with Crippen molar-refractivity contribution in [3.8, 4) is 11.5 Å². The van der Waals surface area contributed by atoms with Gasteiger partial charge in [0.25, 0.3) is 5.69 Å². The van der Waals surface area contributed by atoms with Crippen molar-refractivity contribution in [1.29, 1.82) is 0 Å². The second kappa shape index (κ2) is 6.93. The first-order valence-corrected chi connectivity index (χ1v) is 7.56. The van der Waals surface area contributed by atoms with Gasteiger partial charge in [-0.25, -0.2) is 4.79 Å². The predicted molar refractivity (Wildman–Crippen MR) is 93.8 cm³/mol. The summed E-state index contributed by atoms with van der Waals surface area (Å²) in [5, 5.41) is 15.9. The number of nitrogens with zero attached hydrogens (tertiary/aromatic N) is 2. The van der Waals surface area contributed by atoms with Crippen molar-refractivity contribution in [1.82, 2.24) is 9.78 Å². The lowest BCUT2D eigenvalue weighted by molar-refractivity contribution is -0.384. The van der Waals surface area contributed by atoms with Crippen LogP contribution in [-0.4, -0.2) is 20.7 Å².